The molecule has 0 aliphatic rings. The summed E-state index contributed by atoms with van der Waals surface area (Å²) in [6.45, 7) is 1.76. The molecule has 0 amide bonds. The van der Waals surface area contributed by atoms with Gasteiger partial charge in [0.05, 0.1) is 0 Å². The molecule has 6 nitrogen and oxygen atoms in total. The van der Waals surface area contributed by atoms with Crippen molar-refractivity contribution in [1.82, 2.24) is 4.98 Å². The average molecular weight is 358 g/mol. The van der Waals surface area contributed by atoms with Crippen LogP contribution in [0, 0.1) is 0 Å². The number of aromatic nitrogens is 1. The van der Waals surface area contributed by atoms with Crippen LogP contribution in [0.1, 0.15) is 18.7 Å². The number of aromatic hydroxyl groups is 1. The quantitative estimate of drug-likeness (QED) is 0.608. The number of hydrogen-bond acceptors (Lipinski definition) is 5. The molecule has 0 unspecified atom stereocenters. The lowest BCUT2D eigenvalue weighted by atomic mass is 10.0. The first kappa shape index (κ1) is 17.1. The Morgan fingerprint density at radius 1 is 1.08 bits per heavy atom. The normalized spacial score (nSPS) is 12.7. The summed E-state index contributed by atoms with van der Waals surface area (Å²) >= 11 is 0. The molecule has 0 fully saturated rings. The maximum atomic E-state index is 12.6. The van der Waals surface area contributed by atoms with Crippen LogP contribution in [0.15, 0.2) is 65.7 Å². The number of phenols is 1. The number of phenolic OH excluding ortho intramolecular Hbond substituents is 1. The highest BCUT2D eigenvalue weighted by molar-refractivity contribution is 7.87. The molecule has 0 spiro atoms. The predicted molar refractivity (Wildman–Crippen MR) is 94.8 cm³/mol. The number of rotatable bonds is 5. The summed E-state index contributed by atoms with van der Waals surface area (Å²) in [6.07, 6.45) is 0. The van der Waals surface area contributed by atoms with Crippen molar-refractivity contribution in [2.45, 2.75) is 18.0 Å². The Bertz CT molecular complexity index is 979. The van der Waals surface area contributed by atoms with E-state index < -0.39 is 16.2 Å². The second-order valence-electron chi connectivity index (χ2n) is 5.62. The van der Waals surface area contributed by atoms with Crippen LogP contribution in [0.25, 0.3) is 11.1 Å². The predicted octanol–water partition coefficient (Wildman–Crippen LogP) is 3.17. The third-order valence-corrected chi connectivity index (χ3v) is 4.86. The molecule has 0 bridgehead atoms. The first-order valence-electron chi connectivity index (χ1n) is 7.65. The number of para-hydroxylation sites is 2. The van der Waals surface area contributed by atoms with E-state index in [0.29, 0.717) is 11.3 Å². The minimum absolute atomic E-state index is 0.123. The van der Waals surface area contributed by atoms with Gasteiger partial charge in [-0.05, 0) is 30.7 Å². The van der Waals surface area contributed by atoms with Crippen molar-refractivity contribution in [2.75, 3.05) is 0 Å². The molecule has 4 N–H and O–H groups in total. The van der Waals surface area contributed by atoms with Crippen molar-refractivity contribution in [2.24, 2.45) is 5.73 Å². The Labute approximate surface area is 146 Å². The maximum Gasteiger partial charge on any atom is 0.355 e. The number of benzene rings is 2. The van der Waals surface area contributed by atoms with E-state index in [2.05, 4.69) is 4.98 Å². The van der Waals surface area contributed by atoms with E-state index in [1.165, 1.54) is 18.2 Å². The molecule has 1 heterocycles. The fraction of sp³-hybridized carbons (Fsp3) is 0.111. The largest absolute Gasteiger partial charge is 0.504 e. The number of nitrogens with one attached hydrogen (secondary N) is 1. The number of aromatic amines is 1. The van der Waals surface area contributed by atoms with Gasteiger partial charge in [-0.15, -0.1) is 0 Å². The molecular weight excluding hydrogens is 340 g/mol. The molecule has 25 heavy (non-hydrogen) atoms. The zero-order chi connectivity index (χ0) is 18.0. The fourth-order valence-corrected chi connectivity index (χ4v) is 3.45. The van der Waals surface area contributed by atoms with Crippen LogP contribution in [-0.4, -0.2) is 18.5 Å². The number of hydrogen-bond donors (Lipinski definition) is 3. The maximum absolute atomic E-state index is 12.6. The molecule has 1 aromatic heterocycles. The van der Waals surface area contributed by atoms with Gasteiger partial charge < -0.3 is 20.0 Å². The van der Waals surface area contributed by atoms with E-state index in [4.69, 9.17) is 9.92 Å². The van der Waals surface area contributed by atoms with Crippen LogP contribution in [0.4, 0.5) is 0 Å². The van der Waals surface area contributed by atoms with E-state index in [-0.39, 0.29) is 16.5 Å². The minimum atomic E-state index is -4.15. The zero-order valence-corrected chi connectivity index (χ0v) is 14.3. The molecule has 3 rings (SSSR count). The molecule has 0 aliphatic carbocycles. The van der Waals surface area contributed by atoms with Crippen molar-refractivity contribution in [3.8, 4) is 22.6 Å². The van der Waals surface area contributed by atoms with E-state index >= 15 is 0 Å². The molecule has 7 heteroatoms. The van der Waals surface area contributed by atoms with Gasteiger partial charge in [-0.1, -0.05) is 42.5 Å². The van der Waals surface area contributed by atoms with Crippen LogP contribution in [0.2, 0.25) is 0 Å². The van der Waals surface area contributed by atoms with Crippen LogP contribution < -0.4 is 9.92 Å². The lowest BCUT2D eigenvalue weighted by Gasteiger charge is -2.08. The summed E-state index contributed by atoms with van der Waals surface area (Å²) in [4.78, 5) is 2.84. The molecule has 0 radical (unpaired) electrons. The zero-order valence-electron chi connectivity index (χ0n) is 13.5. The Morgan fingerprint density at radius 2 is 1.72 bits per heavy atom. The minimum Gasteiger partial charge on any atom is -0.504 e. The summed E-state index contributed by atoms with van der Waals surface area (Å²) in [5, 5.41) is 9.60. The van der Waals surface area contributed by atoms with Crippen molar-refractivity contribution in [3.05, 3.63) is 66.4 Å². The molecule has 3 aromatic rings. The number of nitrogens with two attached hydrogens (primary N) is 1. The van der Waals surface area contributed by atoms with Crippen molar-refractivity contribution >= 4 is 10.1 Å². The second-order valence-corrected chi connectivity index (χ2v) is 7.14. The van der Waals surface area contributed by atoms with Gasteiger partial charge in [-0.25, -0.2) is 0 Å². The van der Waals surface area contributed by atoms with E-state index in [1.54, 1.807) is 19.1 Å². The topological polar surface area (TPSA) is 105 Å². The van der Waals surface area contributed by atoms with Crippen molar-refractivity contribution in [3.63, 3.8) is 0 Å². The number of H-pyrrole nitrogens is 1. The van der Waals surface area contributed by atoms with Gasteiger partial charge in [0.1, 0.15) is 0 Å². The van der Waals surface area contributed by atoms with Crippen LogP contribution in [0.5, 0.6) is 11.5 Å². The van der Waals surface area contributed by atoms with E-state index in [0.717, 1.165) is 5.56 Å². The smallest absolute Gasteiger partial charge is 0.355 e. The fourth-order valence-electron chi connectivity index (χ4n) is 2.49. The SMILES string of the molecule is C[C@H](N)c1[nH]c(S(=O)(=O)Oc2ccccc2O)cc1-c1ccccc1. The third kappa shape index (κ3) is 3.52. The first-order valence-corrected chi connectivity index (χ1v) is 9.05. The Hall–Kier alpha value is -2.77. The molecule has 130 valence electrons. The Balaban J connectivity index is 2.04. The van der Waals surface area contributed by atoms with Crippen molar-refractivity contribution in [1.29, 1.82) is 0 Å². The molecule has 0 saturated heterocycles. The molecule has 2 aromatic carbocycles. The summed E-state index contributed by atoms with van der Waals surface area (Å²) in [5.41, 5.74) is 8.10. The van der Waals surface area contributed by atoms with Gasteiger partial charge in [-0.3, -0.25) is 0 Å². The van der Waals surface area contributed by atoms with Crippen LogP contribution in [-0.2, 0) is 10.1 Å². The van der Waals surface area contributed by atoms with Crippen molar-refractivity contribution < 1.29 is 17.7 Å². The highest BCUT2D eigenvalue weighted by atomic mass is 32.2. The molecule has 0 saturated carbocycles. The molecule has 0 aliphatic heterocycles. The van der Waals surface area contributed by atoms with E-state index in [1.807, 2.05) is 30.3 Å². The first-order chi connectivity index (χ1) is 11.9. The van der Waals surface area contributed by atoms with Gasteiger partial charge >= 0.3 is 10.1 Å². The highest BCUT2D eigenvalue weighted by Gasteiger charge is 2.24. The standard InChI is InChI=1S/C18H18N2O4S/c1-12(19)18-14(13-7-3-2-4-8-13)11-17(20-18)25(22,23)24-16-10-6-5-9-15(16)21/h2-12,20-21H,19H2,1H3/t12-/m0/s1. The summed E-state index contributed by atoms with van der Waals surface area (Å²) in [5.74, 6) is -0.394. The Kier molecular flexibility index (Phi) is 4.52. The summed E-state index contributed by atoms with van der Waals surface area (Å²) in [7, 11) is -4.15. The average Bonchev–Trinajstić information content (AvgIpc) is 3.04. The molecular formula is C18H18N2O4S. The van der Waals surface area contributed by atoms with Gasteiger partial charge in [0.25, 0.3) is 0 Å². The monoisotopic (exact) mass is 358 g/mol. The lowest BCUT2D eigenvalue weighted by molar-refractivity contribution is 0.427. The molecule has 1 atom stereocenters. The highest BCUT2D eigenvalue weighted by Crippen LogP contribution is 2.32. The lowest BCUT2D eigenvalue weighted by Crippen LogP contribution is -2.11. The van der Waals surface area contributed by atoms with E-state index in [9.17, 15) is 13.5 Å². The van der Waals surface area contributed by atoms with Gasteiger partial charge in [0, 0.05) is 17.3 Å². The summed E-state index contributed by atoms with van der Waals surface area (Å²) < 4.78 is 30.2. The third-order valence-electron chi connectivity index (χ3n) is 3.70. The van der Waals surface area contributed by atoms with Crippen LogP contribution in [0.3, 0.4) is 0 Å². The van der Waals surface area contributed by atoms with Crippen LogP contribution >= 0.6 is 0 Å². The van der Waals surface area contributed by atoms with Gasteiger partial charge in [-0.2, -0.15) is 8.42 Å². The Morgan fingerprint density at radius 3 is 2.36 bits per heavy atom. The second kappa shape index (κ2) is 6.62. The van der Waals surface area contributed by atoms with Gasteiger partial charge in [0.2, 0.25) is 0 Å². The summed E-state index contributed by atoms with van der Waals surface area (Å²) in [6, 6.07) is 16.3. The van der Waals surface area contributed by atoms with Gasteiger partial charge in [0.15, 0.2) is 16.5 Å².